The molecule has 0 spiro atoms. The van der Waals surface area contributed by atoms with Crippen molar-refractivity contribution < 1.29 is 9.53 Å². The second-order valence-electron chi connectivity index (χ2n) is 2.30. The summed E-state index contributed by atoms with van der Waals surface area (Å²) in [7, 11) is 0. The molecule has 2 nitrogen and oxygen atoms in total. The predicted molar refractivity (Wildman–Crippen MR) is 42.9 cm³/mol. The van der Waals surface area contributed by atoms with Gasteiger partial charge in [0.2, 0.25) is 0 Å². The fourth-order valence-corrected chi connectivity index (χ4v) is 0.433. The smallest absolute Gasteiger partial charge is 0.319 e. The lowest BCUT2D eigenvalue weighted by Crippen LogP contribution is -2.20. The standard InChI is InChI=1S/C7H13O2S/c1-4-5(2)9-7(8)6(3)10/h5-6H,4H2,1-3H3. The molecule has 0 aliphatic rings. The van der Waals surface area contributed by atoms with Crippen LogP contribution in [0, 0.1) is 0 Å². The largest absolute Gasteiger partial charge is 0.462 e. The molecule has 0 aromatic carbocycles. The van der Waals surface area contributed by atoms with Crippen LogP contribution < -0.4 is 0 Å². The minimum atomic E-state index is -0.422. The highest BCUT2D eigenvalue weighted by Gasteiger charge is 2.12. The molecule has 0 amide bonds. The summed E-state index contributed by atoms with van der Waals surface area (Å²) in [6.07, 6.45) is 0.839. The van der Waals surface area contributed by atoms with Crippen molar-refractivity contribution in [2.24, 2.45) is 0 Å². The van der Waals surface area contributed by atoms with Gasteiger partial charge >= 0.3 is 5.97 Å². The summed E-state index contributed by atoms with van der Waals surface area (Å²) in [4.78, 5) is 10.8. The highest BCUT2D eigenvalue weighted by Crippen LogP contribution is 2.02. The van der Waals surface area contributed by atoms with Crippen LogP contribution in [0.5, 0.6) is 0 Å². The molecule has 0 N–H and O–H groups in total. The Kier molecular flexibility index (Phi) is 4.52. The van der Waals surface area contributed by atoms with Gasteiger partial charge in [0.1, 0.15) is 5.25 Å². The van der Waals surface area contributed by atoms with Crippen LogP contribution in [0.4, 0.5) is 0 Å². The summed E-state index contributed by atoms with van der Waals surface area (Å²) in [5, 5.41) is -0.422. The van der Waals surface area contributed by atoms with Crippen molar-refractivity contribution in [3.05, 3.63) is 0 Å². The molecule has 59 valence electrons. The van der Waals surface area contributed by atoms with E-state index in [1.54, 1.807) is 6.92 Å². The maximum absolute atomic E-state index is 10.8. The predicted octanol–water partition coefficient (Wildman–Crippen LogP) is 1.91. The first-order valence-corrected chi connectivity index (χ1v) is 3.91. The number of rotatable bonds is 3. The normalized spacial score (nSPS) is 16.0. The van der Waals surface area contributed by atoms with E-state index < -0.39 is 5.25 Å². The van der Waals surface area contributed by atoms with Crippen molar-refractivity contribution in [1.82, 2.24) is 0 Å². The van der Waals surface area contributed by atoms with Crippen molar-refractivity contribution in [2.45, 2.75) is 38.5 Å². The van der Waals surface area contributed by atoms with E-state index in [0.29, 0.717) is 0 Å². The number of carbonyl (C=O) groups is 1. The molecule has 2 unspecified atom stereocenters. The third-order valence-electron chi connectivity index (χ3n) is 1.22. The number of esters is 1. The lowest BCUT2D eigenvalue weighted by molar-refractivity contribution is -0.147. The van der Waals surface area contributed by atoms with Crippen LogP contribution in [-0.4, -0.2) is 17.3 Å². The summed E-state index contributed by atoms with van der Waals surface area (Å²) in [6, 6.07) is 0. The average Bonchev–Trinajstić information content (AvgIpc) is 1.87. The van der Waals surface area contributed by atoms with Crippen molar-refractivity contribution in [2.75, 3.05) is 0 Å². The molecule has 0 saturated heterocycles. The third kappa shape index (κ3) is 3.77. The molecule has 3 heteroatoms. The molecular formula is C7H13O2S. The van der Waals surface area contributed by atoms with E-state index in [9.17, 15) is 4.79 Å². The number of ether oxygens (including phenoxy) is 1. The quantitative estimate of drug-likeness (QED) is 0.591. The Morgan fingerprint density at radius 2 is 2.10 bits per heavy atom. The Bertz CT molecular complexity index is 112. The van der Waals surface area contributed by atoms with Crippen LogP contribution in [0.3, 0.4) is 0 Å². The fourth-order valence-electron chi connectivity index (χ4n) is 0.377. The van der Waals surface area contributed by atoms with Crippen molar-refractivity contribution in [3.63, 3.8) is 0 Å². The molecule has 0 aromatic rings. The summed E-state index contributed by atoms with van der Waals surface area (Å²) in [5.74, 6) is -0.288. The molecule has 0 rings (SSSR count). The molecule has 10 heavy (non-hydrogen) atoms. The van der Waals surface area contributed by atoms with Crippen LogP contribution in [-0.2, 0) is 9.53 Å². The van der Waals surface area contributed by atoms with Crippen molar-refractivity contribution in [1.29, 1.82) is 0 Å². The first kappa shape index (κ1) is 9.82. The fraction of sp³-hybridized carbons (Fsp3) is 0.857. The zero-order valence-electron chi connectivity index (χ0n) is 6.59. The Morgan fingerprint density at radius 1 is 1.60 bits per heavy atom. The second kappa shape index (κ2) is 4.61. The lowest BCUT2D eigenvalue weighted by atomic mass is 10.3. The molecule has 1 radical (unpaired) electrons. The number of hydrogen-bond donors (Lipinski definition) is 0. The molecule has 0 fully saturated rings. The molecule has 0 aliphatic heterocycles. The lowest BCUT2D eigenvalue weighted by Gasteiger charge is -2.11. The van der Waals surface area contributed by atoms with Gasteiger partial charge in [-0.15, -0.1) is 0 Å². The first-order chi connectivity index (χ1) is 4.57. The molecule has 2 atom stereocenters. The van der Waals surface area contributed by atoms with E-state index in [1.807, 2.05) is 13.8 Å². The maximum atomic E-state index is 10.8. The van der Waals surface area contributed by atoms with Gasteiger partial charge in [-0.05, 0) is 20.3 Å². The van der Waals surface area contributed by atoms with Crippen molar-refractivity contribution in [3.8, 4) is 0 Å². The summed E-state index contributed by atoms with van der Waals surface area (Å²) in [5.41, 5.74) is 0. The van der Waals surface area contributed by atoms with E-state index in [-0.39, 0.29) is 12.1 Å². The third-order valence-corrected chi connectivity index (χ3v) is 1.42. The van der Waals surface area contributed by atoms with E-state index in [1.165, 1.54) is 0 Å². The van der Waals surface area contributed by atoms with Gasteiger partial charge in [-0.2, -0.15) is 0 Å². The molecule has 0 bridgehead atoms. The van der Waals surface area contributed by atoms with E-state index in [0.717, 1.165) is 6.42 Å². The SMILES string of the molecule is CCC(C)OC(=O)C(C)[S]. The van der Waals surface area contributed by atoms with E-state index in [4.69, 9.17) is 17.4 Å². The van der Waals surface area contributed by atoms with Gasteiger partial charge in [-0.1, -0.05) is 19.6 Å². The monoisotopic (exact) mass is 161 g/mol. The zero-order valence-corrected chi connectivity index (χ0v) is 7.40. The highest BCUT2D eigenvalue weighted by atomic mass is 32.1. The molecular weight excluding hydrogens is 148 g/mol. The van der Waals surface area contributed by atoms with Crippen LogP contribution in [0.1, 0.15) is 27.2 Å². The van der Waals surface area contributed by atoms with Gasteiger partial charge in [-0.25, -0.2) is 0 Å². The maximum Gasteiger partial charge on any atom is 0.319 e. The van der Waals surface area contributed by atoms with E-state index in [2.05, 4.69) is 0 Å². The summed E-state index contributed by atoms with van der Waals surface area (Å²) in [6.45, 7) is 5.47. The summed E-state index contributed by atoms with van der Waals surface area (Å²) < 4.78 is 4.92. The summed E-state index contributed by atoms with van der Waals surface area (Å²) >= 11 is 4.69. The van der Waals surface area contributed by atoms with Gasteiger partial charge in [0.25, 0.3) is 0 Å². The molecule has 0 saturated carbocycles. The van der Waals surface area contributed by atoms with Gasteiger partial charge in [0, 0.05) is 0 Å². The van der Waals surface area contributed by atoms with Crippen LogP contribution in [0.25, 0.3) is 0 Å². The van der Waals surface area contributed by atoms with E-state index >= 15 is 0 Å². The number of hydrogen-bond acceptors (Lipinski definition) is 2. The zero-order chi connectivity index (χ0) is 8.15. The van der Waals surface area contributed by atoms with Gasteiger partial charge in [0.15, 0.2) is 0 Å². The molecule has 0 heterocycles. The van der Waals surface area contributed by atoms with Gasteiger partial charge < -0.3 is 4.74 Å². The second-order valence-corrected chi connectivity index (χ2v) is 3.01. The van der Waals surface area contributed by atoms with Gasteiger partial charge in [0.05, 0.1) is 6.10 Å². The Balaban J connectivity index is 3.57. The molecule has 0 aromatic heterocycles. The average molecular weight is 161 g/mol. The Morgan fingerprint density at radius 3 is 2.40 bits per heavy atom. The minimum Gasteiger partial charge on any atom is -0.462 e. The topological polar surface area (TPSA) is 26.3 Å². The highest BCUT2D eigenvalue weighted by molar-refractivity contribution is 7.81. The Hall–Kier alpha value is -0.180. The van der Waals surface area contributed by atoms with Crippen LogP contribution in [0.2, 0.25) is 0 Å². The van der Waals surface area contributed by atoms with Crippen molar-refractivity contribution >= 4 is 18.6 Å². The Labute approximate surface area is 67.4 Å². The number of carbonyl (C=O) groups excluding carboxylic acids is 1. The first-order valence-electron chi connectivity index (χ1n) is 3.44. The van der Waals surface area contributed by atoms with Gasteiger partial charge in [-0.3, -0.25) is 4.79 Å². The van der Waals surface area contributed by atoms with Crippen LogP contribution in [0.15, 0.2) is 0 Å². The minimum absolute atomic E-state index is 0.00194. The van der Waals surface area contributed by atoms with Crippen LogP contribution >= 0.6 is 12.6 Å². The molecule has 0 aliphatic carbocycles.